The third-order valence-electron chi connectivity index (χ3n) is 4.16. The molecule has 0 unspecified atom stereocenters. The molecule has 0 atom stereocenters. The monoisotopic (exact) mass is 404 g/mol. The molecule has 6 nitrogen and oxygen atoms in total. The third-order valence-corrected chi connectivity index (χ3v) is 4.40. The smallest absolute Gasteiger partial charge is 0.273 e. The van der Waals surface area contributed by atoms with E-state index in [0.717, 1.165) is 11.1 Å². The van der Waals surface area contributed by atoms with Crippen molar-refractivity contribution in [3.63, 3.8) is 0 Å². The third kappa shape index (κ3) is 4.80. The van der Waals surface area contributed by atoms with Gasteiger partial charge in [0.15, 0.2) is 0 Å². The number of hydrogen-bond acceptors (Lipinski definition) is 4. The number of aromatic nitrogens is 3. The lowest BCUT2D eigenvalue weighted by molar-refractivity contribution is 0.102. The number of pyridine rings is 1. The van der Waals surface area contributed by atoms with E-state index in [9.17, 15) is 4.79 Å². The Kier molecular flexibility index (Phi) is 5.54. The maximum Gasteiger partial charge on any atom is 0.273 e. The summed E-state index contributed by atoms with van der Waals surface area (Å²) < 4.78 is 5.77. The fraction of sp³-hybridized carbons (Fsp3) is 0.0455. The lowest BCUT2D eigenvalue weighted by atomic mass is 10.1. The number of halogens is 1. The molecule has 2 aromatic heterocycles. The number of nitrogens with zero attached hydrogens (tertiary/aromatic N) is 2. The van der Waals surface area contributed by atoms with Crippen molar-refractivity contribution in [3.8, 4) is 17.0 Å². The Balaban J connectivity index is 1.42. The van der Waals surface area contributed by atoms with Crippen LogP contribution in [-0.4, -0.2) is 21.1 Å². The van der Waals surface area contributed by atoms with Gasteiger partial charge in [0, 0.05) is 40.3 Å². The number of anilines is 1. The van der Waals surface area contributed by atoms with E-state index in [4.69, 9.17) is 16.3 Å². The van der Waals surface area contributed by atoms with Crippen molar-refractivity contribution in [3.05, 3.63) is 95.4 Å². The fourth-order valence-electron chi connectivity index (χ4n) is 2.75. The summed E-state index contributed by atoms with van der Waals surface area (Å²) in [6, 6.07) is 20.0. The molecule has 0 saturated carbocycles. The molecule has 0 aliphatic rings. The van der Waals surface area contributed by atoms with Crippen molar-refractivity contribution in [1.29, 1.82) is 0 Å². The van der Waals surface area contributed by atoms with Crippen LogP contribution < -0.4 is 10.1 Å². The largest absolute Gasteiger partial charge is 0.489 e. The van der Waals surface area contributed by atoms with Crippen LogP contribution in [0.25, 0.3) is 11.3 Å². The van der Waals surface area contributed by atoms with Gasteiger partial charge in [0.2, 0.25) is 0 Å². The van der Waals surface area contributed by atoms with E-state index >= 15 is 0 Å². The summed E-state index contributed by atoms with van der Waals surface area (Å²) >= 11 is 6.02. The zero-order chi connectivity index (χ0) is 20.1. The quantitative estimate of drug-likeness (QED) is 0.476. The lowest BCUT2D eigenvalue weighted by Crippen LogP contribution is -2.12. The topological polar surface area (TPSA) is 79.9 Å². The summed E-state index contributed by atoms with van der Waals surface area (Å²) in [7, 11) is 0. The van der Waals surface area contributed by atoms with Crippen LogP contribution in [0.1, 0.15) is 16.1 Å². The summed E-state index contributed by atoms with van der Waals surface area (Å²) in [5.74, 6) is 0.353. The molecule has 2 heterocycles. The molecule has 0 saturated heterocycles. The second-order valence-corrected chi connectivity index (χ2v) is 6.75. The zero-order valence-electron chi connectivity index (χ0n) is 15.3. The number of H-pyrrole nitrogens is 1. The molecule has 144 valence electrons. The van der Waals surface area contributed by atoms with Crippen LogP contribution in [0.15, 0.2) is 79.1 Å². The second-order valence-electron chi connectivity index (χ2n) is 6.31. The summed E-state index contributed by atoms with van der Waals surface area (Å²) in [4.78, 5) is 16.6. The van der Waals surface area contributed by atoms with E-state index in [1.165, 1.54) is 0 Å². The van der Waals surface area contributed by atoms with E-state index in [2.05, 4.69) is 20.5 Å². The number of benzene rings is 2. The number of carbonyl (C=O) groups excluding carboxylic acids is 1. The first-order valence-corrected chi connectivity index (χ1v) is 9.30. The van der Waals surface area contributed by atoms with Gasteiger partial charge in [-0.05, 0) is 36.4 Å². The van der Waals surface area contributed by atoms with Gasteiger partial charge in [-0.3, -0.25) is 14.9 Å². The highest BCUT2D eigenvalue weighted by Crippen LogP contribution is 2.23. The van der Waals surface area contributed by atoms with E-state index in [-0.39, 0.29) is 5.91 Å². The zero-order valence-corrected chi connectivity index (χ0v) is 16.1. The lowest BCUT2D eigenvalue weighted by Gasteiger charge is -2.08. The summed E-state index contributed by atoms with van der Waals surface area (Å²) in [5, 5.41) is 10.4. The van der Waals surface area contributed by atoms with Crippen LogP contribution in [0.3, 0.4) is 0 Å². The van der Waals surface area contributed by atoms with E-state index in [0.29, 0.717) is 34.5 Å². The van der Waals surface area contributed by atoms with Crippen molar-refractivity contribution in [1.82, 2.24) is 15.2 Å². The summed E-state index contributed by atoms with van der Waals surface area (Å²) in [6.45, 7) is 0.398. The first kappa shape index (κ1) is 18.7. The minimum absolute atomic E-state index is 0.296. The van der Waals surface area contributed by atoms with Crippen LogP contribution >= 0.6 is 11.6 Å². The van der Waals surface area contributed by atoms with Crippen LogP contribution in [-0.2, 0) is 6.61 Å². The van der Waals surface area contributed by atoms with Crippen molar-refractivity contribution < 1.29 is 9.53 Å². The van der Waals surface area contributed by atoms with Gasteiger partial charge >= 0.3 is 0 Å². The molecule has 7 heteroatoms. The number of hydrogen-bond donors (Lipinski definition) is 2. The summed E-state index contributed by atoms with van der Waals surface area (Å²) in [6.07, 6.45) is 3.47. The van der Waals surface area contributed by atoms with Gasteiger partial charge in [-0.15, -0.1) is 0 Å². The number of rotatable bonds is 6. The first-order chi connectivity index (χ1) is 14.2. The number of amides is 1. The molecule has 4 aromatic rings. The Labute approximate surface area is 172 Å². The molecule has 1 amide bonds. The Morgan fingerprint density at radius 1 is 1.07 bits per heavy atom. The highest BCUT2D eigenvalue weighted by molar-refractivity contribution is 6.30. The number of nitrogens with one attached hydrogen (secondary N) is 2. The molecular weight excluding hydrogens is 388 g/mol. The Morgan fingerprint density at radius 2 is 1.97 bits per heavy atom. The van der Waals surface area contributed by atoms with Gasteiger partial charge in [-0.1, -0.05) is 35.9 Å². The van der Waals surface area contributed by atoms with Gasteiger partial charge in [0.25, 0.3) is 5.91 Å². The predicted octanol–water partition coefficient (Wildman–Crippen LogP) is 4.96. The van der Waals surface area contributed by atoms with Gasteiger partial charge in [-0.2, -0.15) is 5.10 Å². The fourth-order valence-corrected chi connectivity index (χ4v) is 2.94. The number of carbonyl (C=O) groups is 1. The average molecular weight is 405 g/mol. The molecule has 0 aliphatic heterocycles. The Hall–Kier alpha value is -3.64. The van der Waals surface area contributed by atoms with Crippen molar-refractivity contribution >= 4 is 23.2 Å². The minimum Gasteiger partial charge on any atom is -0.489 e. The molecular formula is C22H17ClN4O2. The molecule has 0 fully saturated rings. The molecule has 0 bridgehead atoms. The predicted molar refractivity (Wildman–Crippen MR) is 112 cm³/mol. The second kappa shape index (κ2) is 8.58. The van der Waals surface area contributed by atoms with Gasteiger partial charge in [0.05, 0.1) is 5.69 Å². The van der Waals surface area contributed by atoms with Crippen molar-refractivity contribution in [2.45, 2.75) is 6.61 Å². The van der Waals surface area contributed by atoms with Gasteiger partial charge < -0.3 is 10.1 Å². The molecule has 2 N–H and O–H groups in total. The minimum atomic E-state index is -0.296. The van der Waals surface area contributed by atoms with E-state index in [1.807, 2.05) is 36.4 Å². The first-order valence-electron chi connectivity index (χ1n) is 8.92. The van der Waals surface area contributed by atoms with E-state index in [1.54, 1.807) is 42.7 Å². The molecule has 0 radical (unpaired) electrons. The molecule has 0 spiro atoms. The molecule has 0 aliphatic carbocycles. The Bertz CT molecular complexity index is 1130. The van der Waals surface area contributed by atoms with Crippen LogP contribution in [0.5, 0.6) is 5.75 Å². The van der Waals surface area contributed by atoms with Crippen LogP contribution in [0, 0.1) is 0 Å². The van der Waals surface area contributed by atoms with Crippen LogP contribution in [0.2, 0.25) is 5.02 Å². The molecule has 29 heavy (non-hydrogen) atoms. The van der Waals surface area contributed by atoms with Crippen molar-refractivity contribution in [2.24, 2.45) is 0 Å². The number of aromatic amines is 1. The average Bonchev–Trinajstić information content (AvgIpc) is 3.24. The van der Waals surface area contributed by atoms with Crippen molar-refractivity contribution in [2.75, 3.05) is 5.32 Å². The normalized spacial score (nSPS) is 10.5. The maximum absolute atomic E-state index is 12.6. The standard InChI is InChI=1S/C22H17ClN4O2/c23-17-6-1-5-16(10-17)20-12-21(27-26-20)22(28)25-18-7-2-8-19(11-18)29-14-15-4-3-9-24-13-15/h1-13H,14H2,(H,25,28)(H,26,27). The molecule has 4 rings (SSSR count). The maximum atomic E-state index is 12.6. The van der Waals surface area contributed by atoms with Gasteiger partial charge in [-0.25, -0.2) is 0 Å². The SMILES string of the molecule is O=C(Nc1cccc(OCc2cccnc2)c1)c1cc(-c2cccc(Cl)c2)n[nH]1. The van der Waals surface area contributed by atoms with Crippen LogP contribution in [0.4, 0.5) is 5.69 Å². The highest BCUT2D eigenvalue weighted by atomic mass is 35.5. The Morgan fingerprint density at radius 3 is 2.79 bits per heavy atom. The van der Waals surface area contributed by atoms with E-state index < -0.39 is 0 Å². The summed E-state index contributed by atoms with van der Waals surface area (Å²) in [5.41, 5.74) is 3.41. The van der Waals surface area contributed by atoms with Gasteiger partial charge in [0.1, 0.15) is 18.1 Å². The molecule has 2 aromatic carbocycles. The highest BCUT2D eigenvalue weighted by Gasteiger charge is 2.12. The number of ether oxygens (including phenoxy) is 1.